The van der Waals surface area contributed by atoms with Gasteiger partial charge in [-0.05, 0) is 103 Å². The Bertz CT molecular complexity index is 2600. The molecule has 0 spiro atoms. The molecule has 118 heavy (non-hydrogen) atoms. The molecule has 3 rings (SSSR count). The molecule has 25 nitrogen and oxygen atoms in total. The van der Waals surface area contributed by atoms with E-state index in [2.05, 4.69) is 64.2 Å². The lowest BCUT2D eigenvalue weighted by atomic mass is 9.84. The van der Waals surface area contributed by atoms with Crippen LogP contribution in [0.25, 0.3) is 0 Å². The predicted molar refractivity (Wildman–Crippen MR) is 458 cm³/mol. The van der Waals surface area contributed by atoms with Crippen LogP contribution in [-0.4, -0.2) is 205 Å². The SMILES string of the molecule is CCCCCC/C=C\CCCCCCCCCC(=O)OCC1OC(OC2C(OC(=O)CCCCCCCCCCCCCCCCCC)C(O)C(O)C(OC3OC(CO)C(O)C(O)C3O)C2OP(=O)(O)OCC(COC(=O)CCCCC/C=C\CCCCCCCC)OC(=O)CCCCCCCCC/C=C\CCCCCC)C(O)C(O)C1O. The number of carbonyl (C=O) groups excluding carboxylic acids is 4. The highest BCUT2D eigenvalue weighted by atomic mass is 31.2. The molecule has 18 unspecified atom stereocenters. The van der Waals surface area contributed by atoms with Crippen molar-refractivity contribution in [1.82, 2.24) is 0 Å². The number of unbranched alkanes of at least 4 members (excludes halogenated alkanes) is 46. The minimum atomic E-state index is -5.81. The molecule has 1 saturated carbocycles. The first-order valence-corrected chi connectivity index (χ1v) is 48.7. The van der Waals surface area contributed by atoms with Crippen LogP contribution in [0.5, 0.6) is 0 Å². The molecule has 26 heteroatoms. The van der Waals surface area contributed by atoms with E-state index in [-0.39, 0.29) is 25.7 Å². The van der Waals surface area contributed by atoms with E-state index in [0.29, 0.717) is 38.5 Å². The summed E-state index contributed by atoms with van der Waals surface area (Å²) in [5.74, 6) is -2.99. The largest absolute Gasteiger partial charge is 0.472 e. The summed E-state index contributed by atoms with van der Waals surface area (Å²) in [6.45, 7) is 5.55. The lowest BCUT2D eigenvalue weighted by Gasteiger charge is -2.50. The molecule has 1 aliphatic carbocycles. The number of hydrogen-bond donors (Lipinski definition) is 10. The summed E-state index contributed by atoms with van der Waals surface area (Å²) in [7, 11) is -5.81. The number of hydrogen-bond acceptors (Lipinski definition) is 24. The van der Waals surface area contributed by atoms with Gasteiger partial charge < -0.3 is 88.7 Å². The molecule has 3 aliphatic rings. The number of phosphoric acid groups is 1. The van der Waals surface area contributed by atoms with Crippen molar-refractivity contribution < 1.29 is 122 Å². The van der Waals surface area contributed by atoms with Crippen molar-refractivity contribution in [3.8, 4) is 0 Å². The van der Waals surface area contributed by atoms with Gasteiger partial charge in [0.05, 0.1) is 13.2 Å². The number of phosphoric ester groups is 1. The molecule has 18 atom stereocenters. The number of carbonyl (C=O) groups is 4. The number of ether oxygens (including phenoxy) is 8. The summed E-state index contributed by atoms with van der Waals surface area (Å²) in [5, 5.41) is 102. The molecule has 2 saturated heterocycles. The first-order valence-electron chi connectivity index (χ1n) is 47.2. The van der Waals surface area contributed by atoms with Crippen LogP contribution in [0.3, 0.4) is 0 Å². The average Bonchev–Trinajstić information content (AvgIpc) is 0.756. The van der Waals surface area contributed by atoms with Crippen molar-refractivity contribution >= 4 is 31.7 Å². The van der Waals surface area contributed by atoms with Crippen LogP contribution in [0, 0.1) is 0 Å². The number of allylic oxidation sites excluding steroid dienone is 6. The summed E-state index contributed by atoms with van der Waals surface area (Å²) in [6, 6.07) is 0. The van der Waals surface area contributed by atoms with Gasteiger partial charge in [-0.25, -0.2) is 4.57 Å². The van der Waals surface area contributed by atoms with Crippen molar-refractivity contribution in [3.05, 3.63) is 36.5 Å². The van der Waals surface area contributed by atoms with E-state index >= 15 is 0 Å². The minimum absolute atomic E-state index is 0.00824. The second kappa shape index (κ2) is 70.9. The topological polar surface area (TPSA) is 380 Å². The quantitative estimate of drug-likeness (QED) is 0.00889. The third kappa shape index (κ3) is 50.6. The standard InChI is InChI=1S/C92H167O25P/c1-5-9-13-17-21-25-29-33-36-39-43-47-51-55-59-63-67-78(97)114-87-83(102)84(103)88(115-91-85(104)81(100)79(98)73(68-93)112-91)90(89(87)116-92-86(105)82(101)80(99)74(113-92)71-109-76(95)65-61-57-53-49-45-41-37-34-30-26-22-18-14-10-6-2)117-118(106,107)110-70-72(69-108-75(94)64-60-56-52-48-44-40-32-28-24-20-16-12-8-4)111-77(96)66-62-58-54-50-46-42-38-35-31-27-23-19-15-11-7-3/h26-27,30-31,40,44,72-74,79-93,98-105H,5-25,28-29,32-39,41-43,45-71H2,1-4H3,(H,106,107)/b30-26-,31-27-,44-40-. The van der Waals surface area contributed by atoms with Gasteiger partial charge in [-0.1, -0.05) is 302 Å². The fourth-order valence-electron chi connectivity index (χ4n) is 15.3. The van der Waals surface area contributed by atoms with Crippen molar-refractivity contribution in [1.29, 1.82) is 0 Å². The van der Waals surface area contributed by atoms with Gasteiger partial charge >= 0.3 is 31.7 Å². The second-order valence-corrected chi connectivity index (χ2v) is 34.9. The van der Waals surface area contributed by atoms with Gasteiger partial charge in [-0.15, -0.1) is 0 Å². The molecule has 690 valence electrons. The molecule has 0 aromatic rings. The number of aliphatic hydroxyl groups excluding tert-OH is 9. The third-order valence-electron chi connectivity index (χ3n) is 22.8. The molecule has 0 bridgehead atoms. The van der Waals surface area contributed by atoms with Crippen LogP contribution in [0.1, 0.15) is 394 Å². The Labute approximate surface area is 710 Å². The van der Waals surface area contributed by atoms with Gasteiger partial charge in [0.1, 0.15) is 92.6 Å². The fourth-order valence-corrected chi connectivity index (χ4v) is 16.3. The Balaban J connectivity index is 1.92. The Kier molecular flexibility index (Phi) is 65.4. The van der Waals surface area contributed by atoms with Crippen LogP contribution in [0.15, 0.2) is 36.5 Å². The maximum absolute atomic E-state index is 14.9. The molecule has 3 fully saturated rings. The first-order chi connectivity index (χ1) is 57.2. The maximum Gasteiger partial charge on any atom is 0.472 e. The fraction of sp³-hybridized carbons (Fsp3) is 0.891. The molecule has 2 aliphatic heterocycles. The van der Waals surface area contributed by atoms with Crippen molar-refractivity contribution in [3.63, 3.8) is 0 Å². The van der Waals surface area contributed by atoms with Gasteiger partial charge in [0.15, 0.2) is 24.8 Å². The summed E-state index contributed by atoms with van der Waals surface area (Å²) in [5.41, 5.74) is 0. The van der Waals surface area contributed by atoms with Crippen LogP contribution in [-0.2, 0) is 70.7 Å². The van der Waals surface area contributed by atoms with Gasteiger partial charge in [0.2, 0.25) is 0 Å². The number of aliphatic hydroxyl groups is 9. The van der Waals surface area contributed by atoms with Gasteiger partial charge in [-0.2, -0.15) is 0 Å². The lowest BCUT2D eigenvalue weighted by Crippen LogP contribution is -2.70. The molecule has 0 amide bonds. The van der Waals surface area contributed by atoms with Crippen LogP contribution >= 0.6 is 7.82 Å². The molecule has 2 heterocycles. The Morgan fingerprint density at radius 2 is 0.636 bits per heavy atom. The smallest absolute Gasteiger partial charge is 0.463 e. The van der Waals surface area contributed by atoms with Crippen LogP contribution < -0.4 is 0 Å². The van der Waals surface area contributed by atoms with Gasteiger partial charge in [-0.3, -0.25) is 28.2 Å². The van der Waals surface area contributed by atoms with Crippen LogP contribution in [0.2, 0.25) is 0 Å². The Morgan fingerprint density at radius 3 is 1.03 bits per heavy atom. The summed E-state index contributed by atoms with van der Waals surface area (Å²) in [6.07, 6.45) is 32.7. The van der Waals surface area contributed by atoms with Crippen molar-refractivity contribution in [2.75, 3.05) is 26.4 Å². The first kappa shape index (κ1) is 109. The molecular formula is C92H167O25P. The van der Waals surface area contributed by atoms with Crippen molar-refractivity contribution in [2.45, 2.75) is 498 Å². The van der Waals surface area contributed by atoms with Crippen LogP contribution in [0.4, 0.5) is 0 Å². The Morgan fingerprint density at radius 1 is 0.331 bits per heavy atom. The van der Waals surface area contributed by atoms with Gasteiger partial charge in [0.25, 0.3) is 0 Å². The highest BCUT2D eigenvalue weighted by Crippen LogP contribution is 2.49. The number of esters is 4. The van der Waals surface area contributed by atoms with E-state index in [1.807, 2.05) is 0 Å². The van der Waals surface area contributed by atoms with Crippen molar-refractivity contribution in [2.24, 2.45) is 0 Å². The lowest BCUT2D eigenvalue weighted by molar-refractivity contribution is -0.360. The predicted octanol–water partition coefficient (Wildman–Crippen LogP) is 17.5. The molecule has 0 aromatic carbocycles. The zero-order chi connectivity index (χ0) is 86.1. The second-order valence-electron chi connectivity index (χ2n) is 33.5. The monoisotopic (exact) mass is 1700 g/mol. The summed E-state index contributed by atoms with van der Waals surface area (Å²) >= 11 is 0. The van der Waals surface area contributed by atoms with E-state index < -0.39 is 162 Å². The molecular weight excluding hydrogens is 1540 g/mol. The Hall–Kier alpha value is -3.31. The highest BCUT2D eigenvalue weighted by Gasteiger charge is 2.60. The summed E-state index contributed by atoms with van der Waals surface area (Å²) in [4.78, 5) is 66.4. The van der Waals surface area contributed by atoms with Gasteiger partial charge in [0, 0.05) is 25.7 Å². The maximum atomic E-state index is 14.9. The van der Waals surface area contributed by atoms with E-state index in [1.54, 1.807) is 0 Å². The van der Waals surface area contributed by atoms with E-state index in [0.717, 1.165) is 161 Å². The molecule has 0 aromatic heterocycles. The normalized spacial score (nSPS) is 25.1. The average molecular weight is 1700 g/mol. The number of rotatable bonds is 76. The zero-order valence-corrected chi connectivity index (χ0v) is 74.4. The van der Waals surface area contributed by atoms with E-state index in [9.17, 15) is 74.6 Å². The third-order valence-corrected chi connectivity index (χ3v) is 23.8. The summed E-state index contributed by atoms with van der Waals surface area (Å²) < 4.78 is 73.4. The molecule has 10 N–H and O–H groups in total. The highest BCUT2D eigenvalue weighted by molar-refractivity contribution is 7.47. The van der Waals surface area contributed by atoms with E-state index in [4.69, 9.17) is 46.9 Å². The van der Waals surface area contributed by atoms with E-state index in [1.165, 1.54) is 141 Å². The zero-order valence-electron chi connectivity index (χ0n) is 73.5. The minimum Gasteiger partial charge on any atom is -0.463 e. The molecule has 0 radical (unpaired) electrons.